The van der Waals surface area contributed by atoms with Gasteiger partial charge in [0.05, 0.1) is 6.10 Å². The number of oxime groups is 1. The van der Waals surface area contributed by atoms with Crippen molar-refractivity contribution in [2.45, 2.75) is 19.4 Å². The van der Waals surface area contributed by atoms with Gasteiger partial charge in [0.25, 0.3) is 0 Å². The predicted molar refractivity (Wildman–Crippen MR) is 68.7 cm³/mol. The quantitative estimate of drug-likeness (QED) is 0.312. The highest BCUT2D eigenvalue weighted by Crippen LogP contribution is 2.24. The zero-order valence-electron chi connectivity index (χ0n) is 10.3. The van der Waals surface area contributed by atoms with Crippen molar-refractivity contribution < 1.29 is 10.3 Å². The van der Waals surface area contributed by atoms with E-state index in [1.54, 1.807) is 18.3 Å². The Hall–Kier alpha value is -1.82. The Balaban J connectivity index is 2.15. The van der Waals surface area contributed by atoms with Crippen LogP contribution in [0.2, 0.25) is 0 Å². The highest BCUT2D eigenvalue weighted by molar-refractivity contribution is 5.97. The Morgan fingerprint density at radius 1 is 1.67 bits per heavy atom. The van der Waals surface area contributed by atoms with Gasteiger partial charge in [0.15, 0.2) is 5.84 Å². The number of hydrogen-bond acceptors (Lipinski definition) is 5. The monoisotopic (exact) mass is 250 g/mol. The molecule has 1 aliphatic rings. The SMILES string of the molecule is CC(O)C1CCN(c2cc(/C(N)=N/O)ccn2)C1. The highest BCUT2D eigenvalue weighted by Gasteiger charge is 2.26. The highest BCUT2D eigenvalue weighted by atomic mass is 16.4. The minimum atomic E-state index is -0.303. The van der Waals surface area contributed by atoms with Gasteiger partial charge in [-0.1, -0.05) is 5.16 Å². The van der Waals surface area contributed by atoms with Gasteiger partial charge in [-0.3, -0.25) is 0 Å². The fourth-order valence-corrected chi connectivity index (χ4v) is 2.20. The van der Waals surface area contributed by atoms with Crippen LogP contribution >= 0.6 is 0 Å². The second kappa shape index (κ2) is 5.22. The Morgan fingerprint density at radius 2 is 2.44 bits per heavy atom. The second-order valence-electron chi connectivity index (χ2n) is 4.62. The summed E-state index contributed by atoms with van der Waals surface area (Å²) in [5, 5.41) is 21.2. The van der Waals surface area contributed by atoms with Crippen molar-refractivity contribution in [3.05, 3.63) is 23.9 Å². The van der Waals surface area contributed by atoms with Crippen LogP contribution in [0.15, 0.2) is 23.5 Å². The van der Waals surface area contributed by atoms with Crippen molar-refractivity contribution in [2.75, 3.05) is 18.0 Å². The first-order valence-electron chi connectivity index (χ1n) is 5.98. The molecule has 1 aromatic rings. The van der Waals surface area contributed by atoms with Crippen molar-refractivity contribution in [3.63, 3.8) is 0 Å². The minimum absolute atomic E-state index is 0.0740. The third-order valence-corrected chi connectivity index (χ3v) is 3.38. The number of amidine groups is 1. The predicted octanol–water partition coefficient (Wildman–Crippen LogP) is 0.383. The summed E-state index contributed by atoms with van der Waals surface area (Å²) >= 11 is 0. The summed E-state index contributed by atoms with van der Waals surface area (Å²) < 4.78 is 0. The number of aliphatic hydroxyl groups excluding tert-OH is 1. The number of anilines is 1. The van der Waals surface area contributed by atoms with Crippen LogP contribution in [-0.4, -0.2) is 40.3 Å². The van der Waals surface area contributed by atoms with Gasteiger partial charge in [0, 0.05) is 30.8 Å². The summed E-state index contributed by atoms with van der Waals surface area (Å²) in [6.07, 6.45) is 2.29. The fraction of sp³-hybridized carbons (Fsp3) is 0.500. The lowest BCUT2D eigenvalue weighted by Gasteiger charge is -2.19. The fourth-order valence-electron chi connectivity index (χ4n) is 2.20. The molecule has 2 heterocycles. The molecule has 1 fully saturated rings. The van der Waals surface area contributed by atoms with Gasteiger partial charge < -0.3 is 20.9 Å². The summed E-state index contributed by atoms with van der Waals surface area (Å²) in [4.78, 5) is 6.39. The molecule has 0 aromatic carbocycles. The number of pyridine rings is 1. The third-order valence-electron chi connectivity index (χ3n) is 3.38. The van der Waals surface area contributed by atoms with Crippen LogP contribution < -0.4 is 10.6 Å². The van der Waals surface area contributed by atoms with Gasteiger partial charge in [0.2, 0.25) is 0 Å². The van der Waals surface area contributed by atoms with Crippen LogP contribution in [0.4, 0.5) is 5.82 Å². The smallest absolute Gasteiger partial charge is 0.170 e. The molecular weight excluding hydrogens is 232 g/mol. The first-order valence-corrected chi connectivity index (χ1v) is 5.98. The molecule has 0 saturated carbocycles. The minimum Gasteiger partial charge on any atom is -0.409 e. The second-order valence-corrected chi connectivity index (χ2v) is 4.62. The molecule has 0 radical (unpaired) electrons. The molecule has 2 unspecified atom stereocenters. The first-order chi connectivity index (χ1) is 8.61. The van der Waals surface area contributed by atoms with Gasteiger partial charge in [0.1, 0.15) is 5.82 Å². The largest absolute Gasteiger partial charge is 0.409 e. The lowest BCUT2D eigenvalue weighted by atomic mass is 10.0. The van der Waals surface area contributed by atoms with Crippen LogP contribution in [-0.2, 0) is 0 Å². The first kappa shape index (κ1) is 12.6. The van der Waals surface area contributed by atoms with Crippen molar-refractivity contribution in [2.24, 2.45) is 16.8 Å². The maximum atomic E-state index is 9.58. The van der Waals surface area contributed by atoms with Crippen molar-refractivity contribution in [1.82, 2.24) is 4.98 Å². The molecule has 98 valence electrons. The van der Waals surface area contributed by atoms with Gasteiger partial charge in [-0.25, -0.2) is 4.98 Å². The van der Waals surface area contributed by atoms with E-state index in [1.807, 2.05) is 6.92 Å². The molecule has 0 bridgehead atoms. The number of aromatic nitrogens is 1. The zero-order chi connectivity index (χ0) is 13.1. The summed E-state index contributed by atoms with van der Waals surface area (Å²) in [7, 11) is 0. The van der Waals surface area contributed by atoms with E-state index < -0.39 is 0 Å². The van der Waals surface area contributed by atoms with Crippen LogP contribution in [0, 0.1) is 5.92 Å². The van der Waals surface area contributed by atoms with Crippen LogP contribution in [0.1, 0.15) is 18.9 Å². The molecule has 4 N–H and O–H groups in total. The summed E-state index contributed by atoms with van der Waals surface area (Å²) in [6.45, 7) is 3.46. The van der Waals surface area contributed by atoms with Crippen LogP contribution in [0.25, 0.3) is 0 Å². The third kappa shape index (κ3) is 2.53. The van der Waals surface area contributed by atoms with E-state index in [0.717, 1.165) is 25.3 Å². The molecule has 18 heavy (non-hydrogen) atoms. The Kier molecular flexibility index (Phi) is 3.66. The summed E-state index contributed by atoms with van der Waals surface area (Å²) in [6, 6.07) is 3.49. The van der Waals surface area contributed by atoms with E-state index >= 15 is 0 Å². The molecule has 1 aromatic heterocycles. The Morgan fingerprint density at radius 3 is 3.06 bits per heavy atom. The average Bonchev–Trinajstić information content (AvgIpc) is 2.88. The van der Waals surface area contributed by atoms with Crippen molar-refractivity contribution in [3.8, 4) is 0 Å². The van der Waals surface area contributed by atoms with Gasteiger partial charge >= 0.3 is 0 Å². The van der Waals surface area contributed by atoms with Gasteiger partial charge in [-0.05, 0) is 25.5 Å². The maximum Gasteiger partial charge on any atom is 0.170 e. The molecule has 2 rings (SSSR count). The number of aliphatic hydroxyl groups is 1. The van der Waals surface area contributed by atoms with E-state index in [0.29, 0.717) is 5.56 Å². The van der Waals surface area contributed by atoms with E-state index in [9.17, 15) is 5.11 Å². The van der Waals surface area contributed by atoms with Crippen molar-refractivity contribution in [1.29, 1.82) is 0 Å². The molecule has 6 heteroatoms. The molecule has 1 aliphatic heterocycles. The zero-order valence-corrected chi connectivity index (χ0v) is 10.3. The number of rotatable bonds is 3. The van der Waals surface area contributed by atoms with E-state index in [-0.39, 0.29) is 17.9 Å². The topological polar surface area (TPSA) is 95.0 Å². The molecule has 1 saturated heterocycles. The van der Waals surface area contributed by atoms with Gasteiger partial charge in [-0.2, -0.15) is 0 Å². The number of nitrogens with zero attached hydrogens (tertiary/aromatic N) is 3. The lowest BCUT2D eigenvalue weighted by molar-refractivity contribution is 0.136. The maximum absolute atomic E-state index is 9.58. The normalized spacial score (nSPS) is 22.2. The number of nitrogens with two attached hydrogens (primary N) is 1. The molecule has 6 nitrogen and oxygen atoms in total. The molecule has 2 atom stereocenters. The van der Waals surface area contributed by atoms with E-state index in [2.05, 4.69) is 15.0 Å². The number of hydrogen-bond donors (Lipinski definition) is 3. The van der Waals surface area contributed by atoms with Crippen molar-refractivity contribution >= 4 is 11.7 Å². The van der Waals surface area contributed by atoms with E-state index in [4.69, 9.17) is 10.9 Å². The Labute approximate surface area is 106 Å². The Bertz CT molecular complexity index is 447. The van der Waals surface area contributed by atoms with Gasteiger partial charge in [-0.15, -0.1) is 0 Å². The average molecular weight is 250 g/mol. The van der Waals surface area contributed by atoms with Crippen LogP contribution in [0.3, 0.4) is 0 Å². The summed E-state index contributed by atoms with van der Waals surface area (Å²) in [5.41, 5.74) is 6.19. The molecule has 0 amide bonds. The molecule has 0 aliphatic carbocycles. The van der Waals surface area contributed by atoms with Crippen LogP contribution in [0.5, 0.6) is 0 Å². The standard InChI is InChI=1S/C12H18N4O2/c1-8(17)10-3-5-16(7-10)11-6-9(2-4-14-11)12(13)15-18/h2,4,6,8,10,17-18H,3,5,7H2,1H3,(H2,13,15). The summed E-state index contributed by atoms with van der Waals surface area (Å²) in [5.74, 6) is 1.14. The molecule has 0 spiro atoms. The molecular formula is C12H18N4O2. The lowest BCUT2D eigenvalue weighted by Crippen LogP contribution is -2.25. The van der Waals surface area contributed by atoms with E-state index in [1.165, 1.54) is 0 Å².